The van der Waals surface area contributed by atoms with Gasteiger partial charge < -0.3 is 20.5 Å². The number of halogens is 1. The summed E-state index contributed by atoms with van der Waals surface area (Å²) in [4.78, 5) is 22.9. The van der Waals surface area contributed by atoms with E-state index in [1.807, 2.05) is 0 Å². The average Bonchev–Trinajstić information content (AvgIpc) is 3.07. The summed E-state index contributed by atoms with van der Waals surface area (Å²) < 4.78 is 11.6. The van der Waals surface area contributed by atoms with Gasteiger partial charge in [0.05, 0.1) is 36.4 Å². The van der Waals surface area contributed by atoms with Crippen LogP contribution in [0.15, 0.2) is 20.8 Å². The van der Waals surface area contributed by atoms with E-state index in [0.29, 0.717) is 30.9 Å². The third-order valence-corrected chi connectivity index (χ3v) is 6.31. The zero-order valence-corrected chi connectivity index (χ0v) is 17.0. The Morgan fingerprint density at radius 1 is 1.15 bits per heavy atom. The smallest absolute Gasteiger partial charge is 0.234 e. The number of thioether (sulfide) groups is 2. The third kappa shape index (κ3) is 5.94. The van der Waals surface area contributed by atoms with E-state index in [0.717, 1.165) is 0 Å². The highest BCUT2D eigenvalue weighted by Crippen LogP contribution is 2.36. The van der Waals surface area contributed by atoms with Gasteiger partial charge in [0.1, 0.15) is 11.5 Å². The van der Waals surface area contributed by atoms with Crippen LogP contribution >= 0.6 is 46.5 Å². The number of nitrogens with zero attached hydrogens (tertiary/aromatic N) is 2. The van der Waals surface area contributed by atoms with Crippen molar-refractivity contribution in [2.75, 3.05) is 31.0 Å². The van der Waals surface area contributed by atoms with Crippen LogP contribution in [0.25, 0.3) is 0 Å². The second-order valence-electron chi connectivity index (χ2n) is 4.61. The van der Waals surface area contributed by atoms with Crippen LogP contribution in [0, 0.1) is 0 Å². The summed E-state index contributed by atoms with van der Waals surface area (Å²) in [6, 6.07) is 3.16. The molecule has 1 heterocycles. The molecule has 1 aromatic heterocycles. The summed E-state index contributed by atoms with van der Waals surface area (Å²) in [5.74, 6) is 0.442. The Labute approximate surface area is 167 Å². The lowest BCUT2D eigenvalue weighted by Crippen LogP contribution is -2.14. The molecule has 0 atom stereocenters. The molecule has 0 radical (unpaired) electrons. The van der Waals surface area contributed by atoms with E-state index < -0.39 is 5.91 Å². The van der Waals surface area contributed by atoms with Crippen LogP contribution < -0.4 is 20.5 Å². The number of benzene rings is 1. The van der Waals surface area contributed by atoms with Crippen molar-refractivity contribution >= 4 is 64.0 Å². The molecule has 0 aliphatic carbocycles. The molecule has 3 N–H and O–H groups in total. The molecule has 0 bridgehead atoms. The van der Waals surface area contributed by atoms with Gasteiger partial charge in [-0.15, -0.1) is 10.2 Å². The van der Waals surface area contributed by atoms with Crippen molar-refractivity contribution in [3.63, 3.8) is 0 Å². The van der Waals surface area contributed by atoms with Crippen LogP contribution in [0.1, 0.15) is 0 Å². The first-order valence-electron chi connectivity index (χ1n) is 7.01. The first kappa shape index (κ1) is 20.6. The monoisotopic (exact) mass is 434 g/mol. The van der Waals surface area contributed by atoms with Gasteiger partial charge in [0, 0.05) is 12.1 Å². The van der Waals surface area contributed by atoms with Crippen molar-refractivity contribution in [1.82, 2.24) is 10.2 Å². The first-order chi connectivity index (χ1) is 12.4. The molecule has 1 aromatic carbocycles. The maximum atomic E-state index is 12.2. The molecule has 0 saturated carbocycles. The average molecular weight is 435 g/mol. The van der Waals surface area contributed by atoms with Gasteiger partial charge in [-0.1, -0.05) is 46.5 Å². The fraction of sp³-hybridized carbons (Fsp3) is 0.286. The SMILES string of the molecule is COc1cc(NC(=O)CSc2nnc(SCC(N)=O)s2)c(OC)cc1Cl. The fourth-order valence-corrected chi connectivity index (χ4v) is 4.51. The minimum absolute atomic E-state index is 0.128. The quantitative estimate of drug-likeness (QED) is 0.578. The summed E-state index contributed by atoms with van der Waals surface area (Å²) >= 11 is 9.78. The molecule has 0 fully saturated rings. The van der Waals surface area contributed by atoms with E-state index in [-0.39, 0.29) is 17.4 Å². The van der Waals surface area contributed by atoms with Crippen LogP contribution in [-0.2, 0) is 9.59 Å². The first-order valence-corrected chi connectivity index (χ1v) is 10.2. The van der Waals surface area contributed by atoms with Gasteiger partial charge in [-0.25, -0.2) is 0 Å². The molecule has 2 amide bonds. The van der Waals surface area contributed by atoms with Gasteiger partial charge in [0.15, 0.2) is 8.68 Å². The number of nitrogens with one attached hydrogen (secondary N) is 1. The number of hydrogen-bond acceptors (Lipinski definition) is 9. The number of amides is 2. The molecular weight excluding hydrogens is 420 g/mol. The lowest BCUT2D eigenvalue weighted by atomic mass is 10.2. The van der Waals surface area contributed by atoms with Crippen LogP contribution in [0.5, 0.6) is 11.5 Å². The Kier molecular flexibility index (Phi) is 7.82. The maximum Gasteiger partial charge on any atom is 0.234 e. The van der Waals surface area contributed by atoms with E-state index >= 15 is 0 Å². The Morgan fingerprint density at radius 2 is 1.77 bits per heavy atom. The molecule has 12 heteroatoms. The highest BCUT2D eigenvalue weighted by molar-refractivity contribution is 8.03. The molecule has 0 aliphatic heterocycles. The minimum atomic E-state index is -0.425. The largest absolute Gasteiger partial charge is 0.495 e. The second-order valence-corrected chi connectivity index (χ2v) is 8.44. The van der Waals surface area contributed by atoms with Crippen molar-refractivity contribution in [1.29, 1.82) is 0 Å². The molecule has 8 nitrogen and oxygen atoms in total. The Balaban J connectivity index is 1.94. The van der Waals surface area contributed by atoms with Gasteiger partial charge >= 0.3 is 0 Å². The Morgan fingerprint density at radius 3 is 2.35 bits per heavy atom. The van der Waals surface area contributed by atoms with Crippen molar-refractivity contribution in [2.45, 2.75) is 8.68 Å². The van der Waals surface area contributed by atoms with Crippen LogP contribution in [0.2, 0.25) is 5.02 Å². The standard InChI is InChI=1S/C14H15ClN4O4S3/c1-22-9-4-8(10(23-2)3-7(9)15)17-12(21)6-25-14-19-18-13(26-14)24-5-11(16)20/h3-4H,5-6H2,1-2H3,(H2,16,20)(H,17,21). The van der Waals surface area contributed by atoms with Crippen LogP contribution in [-0.4, -0.2) is 47.7 Å². The molecule has 2 rings (SSSR count). The summed E-state index contributed by atoms with van der Waals surface area (Å²) in [5.41, 5.74) is 5.54. The van der Waals surface area contributed by atoms with Gasteiger partial charge in [-0.3, -0.25) is 9.59 Å². The highest BCUT2D eigenvalue weighted by Gasteiger charge is 2.14. The number of rotatable bonds is 9. The van der Waals surface area contributed by atoms with Gasteiger partial charge in [-0.2, -0.15) is 0 Å². The number of nitrogens with two attached hydrogens (primary N) is 1. The summed E-state index contributed by atoms with van der Waals surface area (Å²) in [7, 11) is 2.97. The van der Waals surface area contributed by atoms with Gasteiger partial charge in [-0.05, 0) is 0 Å². The zero-order chi connectivity index (χ0) is 19.1. The minimum Gasteiger partial charge on any atom is -0.495 e. The van der Waals surface area contributed by atoms with E-state index in [4.69, 9.17) is 26.8 Å². The molecule has 0 unspecified atom stereocenters. The topological polar surface area (TPSA) is 116 Å². The molecule has 2 aromatic rings. The predicted molar refractivity (Wildman–Crippen MR) is 104 cm³/mol. The predicted octanol–water partition coefficient (Wildman–Crippen LogP) is 2.52. The Bertz CT molecular complexity index is 802. The maximum absolute atomic E-state index is 12.2. The number of primary amides is 1. The van der Waals surface area contributed by atoms with E-state index in [1.165, 1.54) is 49.1 Å². The number of hydrogen-bond donors (Lipinski definition) is 2. The molecule has 0 saturated heterocycles. The fourth-order valence-electron chi connectivity index (χ4n) is 1.72. The van der Waals surface area contributed by atoms with Crippen molar-refractivity contribution in [2.24, 2.45) is 5.73 Å². The van der Waals surface area contributed by atoms with E-state index in [1.54, 1.807) is 12.1 Å². The van der Waals surface area contributed by atoms with E-state index in [9.17, 15) is 9.59 Å². The summed E-state index contributed by atoms with van der Waals surface area (Å²) in [6.07, 6.45) is 0. The van der Waals surface area contributed by atoms with Crippen molar-refractivity contribution in [3.05, 3.63) is 17.2 Å². The Hall–Kier alpha value is -1.69. The highest BCUT2D eigenvalue weighted by atomic mass is 35.5. The second kappa shape index (κ2) is 9.86. The summed E-state index contributed by atoms with van der Waals surface area (Å²) in [5, 5.41) is 11.0. The lowest BCUT2D eigenvalue weighted by molar-refractivity contribution is -0.115. The van der Waals surface area contributed by atoms with Gasteiger partial charge in [0.25, 0.3) is 0 Å². The van der Waals surface area contributed by atoms with E-state index in [2.05, 4.69) is 15.5 Å². The summed E-state index contributed by atoms with van der Waals surface area (Å²) in [6.45, 7) is 0. The number of ether oxygens (including phenoxy) is 2. The molecular formula is C14H15ClN4O4S3. The number of aromatic nitrogens is 2. The van der Waals surface area contributed by atoms with Gasteiger partial charge in [0.2, 0.25) is 11.8 Å². The number of anilines is 1. The number of methoxy groups -OCH3 is 2. The molecule has 140 valence electrons. The molecule has 26 heavy (non-hydrogen) atoms. The van der Waals surface area contributed by atoms with Crippen molar-refractivity contribution < 1.29 is 19.1 Å². The lowest BCUT2D eigenvalue weighted by Gasteiger charge is -2.12. The third-order valence-electron chi connectivity index (χ3n) is 2.80. The molecule has 0 spiro atoms. The van der Waals surface area contributed by atoms with Crippen molar-refractivity contribution in [3.8, 4) is 11.5 Å². The molecule has 0 aliphatic rings. The normalized spacial score (nSPS) is 10.4. The van der Waals surface area contributed by atoms with Crippen LogP contribution in [0.3, 0.4) is 0 Å². The zero-order valence-electron chi connectivity index (χ0n) is 13.8. The van der Waals surface area contributed by atoms with Crippen LogP contribution in [0.4, 0.5) is 5.69 Å². The number of carbonyl (C=O) groups excluding carboxylic acids is 2. The number of carbonyl (C=O) groups is 2.